The monoisotopic (exact) mass is 254 g/mol. The van der Waals surface area contributed by atoms with Crippen LogP contribution in [0.2, 0.25) is 0 Å². The zero-order chi connectivity index (χ0) is 11.6. The Morgan fingerprint density at radius 2 is 2.31 bits per heavy atom. The molecule has 0 aromatic heterocycles. The van der Waals surface area contributed by atoms with Crippen LogP contribution in [0.5, 0.6) is 5.75 Å². The van der Waals surface area contributed by atoms with Crippen molar-refractivity contribution < 1.29 is 9.47 Å². The average Bonchev–Trinajstić information content (AvgIpc) is 2.53. The summed E-state index contributed by atoms with van der Waals surface area (Å²) in [7, 11) is 0. The van der Waals surface area contributed by atoms with Gasteiger partial charge in [0.15, 0.2) is 4.93 Å². The minimum Gasteiger partial charge on any atom is -0.479 e. The van der Waals surface area contributed by atoms with Gasteiger partial charge < -0.3 is 9.47 Å². The van der Waals surface area contributed by atoms with E-state index in [1.54, 1.807) is 0 Å². The van der Waals surface area contributed by atoms with Gasteiger partial charge in [0.2, 0.25) is 4.38 Å². The Bertz CT molecular complexity index is 379. The number of para-hydroxylation sites is 1. The van der Waals surface area contributed by atoms with Gasteiger partial charge in [0.1, 0.15) is 5.75 Å². The molecule has 0 aliphatic carbocycles. The maximum absolute atomic E-state index is 5.91. The topological polar surface area (TPSA) is 18.5 Å². The summed E-state index contributed by atoms with van der Waals surface area (Å²) >= 11 is 6.61. The number of hydrogen-bond acceptors (Lipinski definition) is 4. The molecule has 1 unspecified atom stereocenters. The van der Waals surface area contributed by atoms with Crippen molar-refractivity contribution in [2.24, 2.45) is 0 Å². The molecule has 0 fully saturated rings. The summed E-state index contributed by atoms with van der Waals surface area (Å²) in [5.74, 6) is 0.955. The van der Waals surface area contributed by atoms with Crippen LogP contribution in [-0.4, -0.2) is 15.9 Å². The van der Waals surface area contributed by atoms with E-state index in [9.17, 15) is 0 Å². The van der Waals surface area contributed by atoms with Gasteiger partial charge in [-0.2, -0.15) is 0 Å². The van der Waals surface area contributed by atoms with Gasteiger partial charge in [0.05, 0.1) is 6.61 Å². The van der Waals surface area contributed by atoms with Crippen molar-refractivity contribution in [3.8, 4) is 5.75 Å². The zero-order valence-corrected chi connectivity index (χ0v) is 11.0. The van der Waals surface area contributed by atoms with Gasteiger partial charge in [-0.05, 0) is 49.5 Å². The van der Waals surface area contributed by atoms with E-state index in [4.69, 9.17) is 21.7 Å². The Morgan fingerprint density at radius 3 is 3.00 bits per heavy atom. The highest BCUT2D eigenvalue weighted by Gasteiger charge is 2.36. The molecule has 1 aromatic rings. The van der Waals surface area contributed by atoms with Gasteiger partial charge in [-0.15, -0.1) is 0 Å². The molecular weight excluding hydrogens is 240 g/mol. The molecule has 0 N–H and O–H groups in total. The summed E-state index contributed by atoms with van der Waals surface area (Å²) in [5, 5.41) is 0. The summed E-state index contributed by atoms with van der Waals surface area (Å²) in [6.07, 6.45) is 0.862. The highest BCUT2D eigenvalue weighted by atomic mass is 32.2. The number of benzene rings is 1. The first-order chi connectivity index (χ1) is 7.63. The van der Waals surface area contributed by atoms with Gasteiger partial charge in [-0.1, -0.05) is 18.2 Å². The molecule has 2 nitrogen and oxygen atoms in total. The van der Waals surface area contributed by atoms with Crippen molar-refractivity contribution in [1.82, 2.24) is 0 Å². The largest absolute Gasteiger partial charge is 0.479 e. The van der Waals surface area contributed by atoms with E-state index < -0.39 is 0 Å². The summed E-state index contributed by atoms with van der Waals surface area (Å²) in [6.45, 7) is 4.58. The van der Waals surface area contributed by atoms with Crippen molar-refractivity contribution >= 4 is 28.4 Å². The molecule has 1 aromatic carbocycles. The highest BCUT2D eigenvalue weighted by Crippen LogP contribution is 2.41. The van der Waals surface area contributed by atoms with Crippen LogP contribution in [0.4, 0.5) is 0 Å². The summed E-state index contributed by atoms with van der Waals surface area (Å²) in [6, 6.07) is 8.09. The Labute approximate surface area is 105 Å². The van der Waals surface area contributed by atoms with E-state index in [1.807, 2.05) is 32.0 Å². The average molecular weight is 254 g/mol. The van der Waals surface area contributed by atoms with Gasteiger partial charge in [0, 0.05) is 6.42 Å². The Balaban J connectivity index is 2.06. The van der Waals surface area contributed by atoms with E-state index in [-0.39, 0.29) is 4.93 Å². The van der Waals surface area contributed by atoms with E-state index in [1.165, 1.54) is 17.3 Å². The third-order valence-electron chi connectivity index (χ3n) is 2.37. The fraction of sp³-hybridized carbons (Fsp3) is 0.417. The Hall–Kier alpha value is -0.740. The molecule has 0 radical (unpaired) electrons. The fourth-order valence-corrected chi connectivity index (χ4v) is 3.28. The lowest BCUT2D eigenvalue weighted by atomic mass is 10.1. The third-order valence-corrected chi connectivity index (χ3v) is 3.68. The van der Waals surface area contributed by atoms with Crippen LogP contribution in [-0.2, 0) is 11.2 Å². The SMILES string of the molecule is CCOC(=S)SC1(C)Cc2ccccc2O1. The third kappa shape index (κ3) is 2.50. The minimum atomic E-state index is -0.323. The molecule has 1 atom stereocenters. The van der Waals surface area contributed by atoms with E-state index in [0.717, 1.165) is 12.2 Å². The van der Waals surface area contributed by atoms with Crippen LogP contribution in [0.3, 0.4) is 0 Å². The molecule has 1 heterocycles. The molecule has 1 aliphatic rings. The lowest BCUT2D eigenvalue weighted by Crippen LogP contribution is -2.27. The first kappa shape index (κ1) is 11.7. The number of thioether (sulfide) groups is 1. The van der Waals surface area contributed by atoms with E-state index in [2.05, 4.69) is 6.07 Å². The smallest absolute Gasteiger partial charge is 0.223 e. The number of hydrogen-bond donors (Lipinski definition) is 0. The molecule has 1 aliphatic heterocycles. The summed E-state index contributed by atoms with van der Waals surface area (Å²) < 4.78 is 11.7. The fourth-order valence-electron chi connectivity index (χ4n) is 1.74. The lowest BCUT2D eigenvalue weighted by molar-refractivity contribution is 0.218. The molecule has 4 heteroatoms. The van der Waals surface area contributed by atoms with Crippen molar-refractivity contribution in [2.75, 3.05) is 6.61 Å². The second-order valence-electron chi connectivity index (χ2n) is 3.81. The molecule has 0 saturated heterocycles. The second kappa shape index (κ2) is 4.63. The van der Waals surface area contributed by atoms with Crippen LogP contribution in [0.25, 0.3) is 0 Å². The van der Waals surface area contributed by atoms with Crippen molar-refractivity contribution in [2.45, 2.75) is 25.2 Å². The first-order valence-corrected chi connectivity index (χ1v) is 6.48. The van der Waals surface area contributed by atoms with E-state index >= 15 is 0 Å². The Kier molecular flexibility index (Phi) is 3.40. The second-order valence-corrected chi connectivity index (χ2v) is 5.87. The molecule has 86 valence electrons. The molecule has 0 amide bonds. The normalized spacial score (nSPS) is 22.4. The molecule has 2 rings (SSSR count). The van der Waals surface area contributed by atoms with Gasteiger partial charge >= 0.3 is 0 Å². The number of rotatable bonds is 2. The summed E-state index contributed by atoms with van der Waals surface area (Å²) in [5.41, 5.74) is 1.23. The Morgan fingerprint density at radius 1 is 1.56 bits per heavy atom. The maximum Gasteiger partial charge on any atom is 0.223 e. The molecule has 0 bridgehead atoms. The van der Waals surface area contributed by atoms with Crippen LogP contribution in [0.1, 0.15) is 19.4 Å². The number of ether oxygens (including phenoxy) is 2. The minimum absolute atomic E-state index is 0.323. The van der Waals surface area contributed by atoms with Crippen molar-refractivity contribution in [3.05, 3.63) is 29.8 Å². The maximum atomic E-state index is 5.91. The van der Waals surface area contributed by atoms with Crippen molar-refractivity contribution in [3.63, 3.8) is 0 Å². The molecule has 0 spiro atoms. The van der Waals surface area contributed by atoms with Crippen LogP contribution >= 0.6 is 24.0 Å². The van der Waals surface area contributed by atoms with E-state index in [0.29, 0.717) is 11.0 Å². The van der Waals surface area contributed by atoms with Crippen LogP contribution in [0.15, 0.2) is 24.3 Å². The highest BCUT2D eigenvalue weighted by molar-refractivity contribution is 8.23. The predicted octanol–water partition coefficient (Wildman–Crippen LogP) is 3.39. The molecular formula is C12H14O2S2. The van der Waals surface area contributed by atoms with Gasteiger partial charge in [0.25, 0.3) is 0 Å². The number of thiocarbonyl (C=S) groups is 1. The van der Waals surface area contributed by atoms with Crippen LogP contribution < -0.4 is 4.74 Å². The first-order valence-electron chi connectivity index (χ1n) is 5.25. The van der Waals surface area contributed by atoms with Gasteiger partial charge in [-0.3, -0.25) is 0 Å². The van der Waals surface area contributed by atoms with Crippen LogP contribution in [0, 0.1) is 0 Å². The zero-order valence-electron chi connectivity index (χ0n) is 9.36. The number of fused-ring (bicyclic) bond motifs is 1. The summed E-state index contributed by atoms with van der Waals surface area (Å²) in [4.78, 5) is -0.323. The van der Waals surface area contributed by atoms with Crippen molar-refractivity contribution in [1.29, 1.82) is 0 Å². The van der Waals surface area contributed by atoms with Gasteiger partial charge in [-0.25, -0.2) is 0 Å². The molecule has 16 heavy (non-hydrogen) atoms. The lowest BCUT2D eigenvalue weighted by Gasteiger charge is -2.22. The quantitative estimate of drug-likeness (QED) is 0.753. The standard InChI is InChI=1S/C12H14O2S2/c1-3-13-11(15)16-12(2)8-9-6-4-5-7-10(9)14-12/h4-7H,3,8H2,1-2H3. The molecule has 0 saturated carbocycles. The predicted molar refractivity (Wildman–Crippen MR) is 71.0 cm³/mol.